The molecule has 0 aliphatic carbocycles. The molecule has 0 fully saturated rings. The Labute approximate surface area is 89.7 Å². The van der Waals surface area contributed by atoms with E-state index in [1.54, 1.807) is 38.2 Å². The number of nitrogens with two attached hydrogens (primary N) is 2. The standard InChI is InChI=1S/C9H15N3O2S/c1-7(15(11,13)14)8-3-5-9(6-4-8)12(2)10/h3-7H,10H2,1-2H3,(H2,11,13,14)/t7-/m1/s1. The van der Waals surface area contributed by atoms with Crippen molar-refractivity contribution in [2.45, 2.75) is 12.2 Å². The van der Waals surface area contributed by atoms with Crippen molar-refractivity contribution in [3.8, 4) is 0 Å². The van der Waals surface area contributed by atoms with Crippen LogP contribution < -0.4 is 16.0 Å². The molecule has 15 heavy (non-hydrogen) atoms. The molecule has 84 valence electrons. The lowest BCUT2D eigenvalue weighted by molar-refractivity contribution is 0.588. The molecular formula is C9H15N3O2S. The van der Waals surface area contributed by atoms with E-state index < -0.39 is 15.3 Å². The molecule has 1 aromatic carbocycles. The zero-order valence-corrected chi connectivity index (χ0v) is 9.53. The molecule has 0 bridgehead atoms. The smallest absolute Gasteiger partial charge is 0.215 e. The van der Waals surface area contributed by atoms with Gasteiger partial charge in [-0.15, -0.1) is 0 Å². The number of sulfonamides is 1. The van der Waals surface area contributed by atoms with E-state index >= 15 is 0 Å². The predicted octanol–water partition coefficient (Wildman–Crippen LogP) is 0.346. The second-order valence-electron chi connectivity index (χ2n) is 3.43. The molecule has 0 heterocycles. The molecule has 0 spiro atoms. The highest BCUT2D eigenvalue weighted by atomic mass is 32.2. The predicted molar refractivity (Wildman–Crippen MR) is 60.6 cm³/mol. The fraction of sp³-hybridized carbons (Fsp3) is 0.333. The summed E-state index contributed by atoms with van der Waals surface area (Å²) in [5, 5.41) is 5.80. The van der Waals surface area contributed by atoms with Gasteiger partial charge in [0, 0.05) is 7.05 Å². The van der Waals surface area contributed by atoms with Crippen molar-refractivity contribution >= 4 is 15.7 Å². The van der Waals surface area contributed by atoms with Gasteiger partial charge < -0.3 is 5.01 Å². The van der Waals surface area contributed by atoms with Gasteiger partial charge in [0.25, 0.3) is 0 Å². The van der Waals surface area contributed by atoms with Gasteiger partial charge >= 0.3 is 0 Å². The van der Waals surface area contributed by atoms with Gasteiger partial charge in [-0.1, -0.05) is 12.1 Å². The number of hydrogen-bond acceptors (Lipinski definition) is 4. The van der Waals surface area contributed by atoms with Gasteiger partial charge in [-0.2, -0.15) is 0 Å². The maximum absolute atomic E-state index is 11.1. The van der Waals surface area contributed by atoms with Crippen molar-refractivity contribution < 1.29 is 8.42 Å². The van der Waals surface area contributed by atoms with Crippen LogP contribution in [0.5, 0.6) is 0 Å². The van der Waals surface area contributed by atoms with Crippen LogP contribution in [0.15, 0.2) is 24.3 Å². The average Bonchev–Trinajstić information content (AvgIpc) is 2.15. The molecule has 1 atom stereocenters. The van der Waals surface area contributed by atoms with Crippen LogP contribution in [0.25, 0.3) is 0 Å². The maximum Gasteiger partial charge on any atom is 0.215 e. The Balaban J connectivity index is 3.00. The van der Waals surface area contributed by atoms with Gasteiger partial charge in [-0.25, -0.2) is 19.4 Å². The van der Waals surface area contributed by atoms with Crippen LogP contribution in [0.1, 0.15) is 17.7 Å². The van der Waals surface area contributed by atoms with Crippen LogP contribution in [0.4, 0.5) is 5.69 Å². The molecular weight excluding hydrogens is 214 g/mol. The second kappa shape index (κ2) is 4.18. The largest absolute Gasteiger partial charge is 0.314 e. The first kappa shape index (κ1) is 12.0. The summed E-state index contributed by atoms with van der Waals surface area (Å²) in [6.07, 6.45) is 0. The van der Waals surface area contributed by atoms with Crippen molar-refractivity contribution in [2.75, 3.05) is 12.1 Å². The van der Waals surface area contributed by atoms with Crippen molar-refractivity contribution in [1.29, 1.82) is 0 Å². The first-order valence-electron chi connectivity index (χ1n) is 4.42. The van der Waals surface area contributed by atoms with E-state index in [1.165, 1.54) is 5.01 Å². The number of anilines is 1. The Morgan fingerprint density at radius 3 is 2.07 bits per heavy atom. The van der Waals surface area contributed by atoms with Crippen molar-refractivity contribution in [2.24, 2.45) is 11.0 Å². The zero-order chi connectivity index (χ0) is 11.6. The lowest BCUT2D eigenvalue weighted by atomic mass is 10.1. The molecule has 0 saturated carbocycles. The third kappa shape index (κ3) is 2.92. The topological polar surface area (TPSA) is 89.4 Å². The minimum absolute atomic E-state index is 0.656. The summed E-state index contributed by atoms with van der Waals surface area (Å²) in [6.45, 7) is 1.55. The van der Waals surface area contributed by atoms with Gasteiger partial charge in [-0.3, -0.25) is 0 Å². The second-order valence-corrected chi connectivity index (χ2v) is 5.32. The molecule has 0 aliphatic heterocycles. The Hall–Kier alpha value is -1.11. The minimum atomic E-state index is -3.53. The maximum atomic E-state index is 11.1. The summed E-state index contributed by atoms with van der Waals surface area (Å²) >= 11 is 0. The molecule has 1 aromatic rings. The van der Waals surface area contributed by atoms with Gasteiger partial charge in [-0.05, 0) is 24.6 Å². The fourth-order valence-electron chi connectivity index (χ4n) is 1.17. The van der Waals surface area contributed by atoms with Crippen LogP contribution >= 0.6 is 0 Å². The number of benzene rings is 1. The third-order valence-electron chi connectivity index (χ3n) is 2.26. The first-order chi connectivity index (χ1) is 6.82. The van der Waals surface area contributed by atoms with E-state index in [-0.39, 0.29) is 0 Å². The Morgan fingerprint density at radius 1 is 1.27 bits per heavy atom. The molecule has 0 saturated heterocycles. The monoisotopic (exact) mass is 229 g/mol. The fourth-order valence-corrected chi connectivity index (χ4v) is 1.71. The highest BCUT2D eigenvalue weighted by molar-refractivity contribution is 7.89. The van der Waals surface area contributed by atoms with Crippen LogP contribution in [0, 0.1) is 0 Å². The molecule has 0 aromatic heterocycles. The van der Waals surface area contributed by atoms with Gasteiger partial charge in [0.2, 0.25) is 10.0 Å². The molecule has 1 rings (SSSR count). The normalized spacial score (nSPS) is 13.6. The van der Waals surface area contributed by atoms with Gasteiger partial charge in [0.1, 0.15) is 0 Å². The zero-order valence-electron chi connectivity index (χ0n) is 8.71. The van der Waals surface area contributed by atoms with Crippen molar-refractivity contribution in [3.05, 3.63) is 29.8 Å². The molecule has 0 aliphatic rings. The highest BCUT2D eigenvalue weighted by Gasteiger charge is 2.17. The highest BCUT2D eigenvalue weighted by Crippen LogP contribution is 2.21. The first-order valence-corrected chi connectivity index (χ1v) is 6.03. The van der Waals surface area contributed by atoms with Crippen LogP contribution in [-0.4, -0.2) is 15.5 Å². The van der Waals surface area contributed by atoms with Crippen molar-refractivity contribution in [3.63, 3.8) is 0 Å². The summed E-state index contributed by atoms with van der Waals surface area (Å²) < 4.78 is 22.2. The lowest BCUT2D eigenvalue weighted by Crippen LogP contribution is -2.25. The van der Waals surface area contributed by atoms with E-state index in [0.717, 1.165) is 5.69 Å². The van der Waals surface area contributed by atoms with Crippen LogP contribution in [0.2, 0.25) is 0 Å². The van der Waals surface area contributed by atoms with E-state index in [0.29, 0.717) is 5.56 Å². The van der Waals surface area contributed by atoms with Crippen LogP contribution in [-0.2, 0) is 10.0 Å². The number of nitrogens with zero attached hydrogens (tertiary/aromatic N) is 1. The Bertz CT molecular complexity index is 425. The van der Waals surface area contributed by atoms with Crippen molar-refractivity contribution in [1.82, 2.24) is 0 Å². The number of hydrogen-bond donors (Lipinski definition) is 2. The van der Waals surface area contributed by atoms with E-state index in [2.05, 4.69) is 0 Å². The number of primary sulfonamides is 1. The summed E-state index contributed by atoms with van der Waals surface area (Å²) in [5.74, 6) is 5.52. The quantitative estimate of drug-likeness (QED) is 0.578. The summed E-state index contributed by atoms with van der Waals surface area (Å²) in [4.78, 5) is 0. The number of hydrazine groups is 1. The Morgan fingerprint density at radius 2 is 1.73 bits per heavy atom. The molecule has 0 amide bonds. The average molecular weight is 229 g/mol. The van der Waals surface area contributed by atoms with Gasteiger partial charge in [0.05, 0.1) is 10.9 Å². The van der Waals surface area contributed by atoms with E-state index in [4.69, 9.17) is 11.0 Å². The Kier molecular flexibility index (Phi) is 3.33. The molecule has 6 heteroatoms. The minimum Gasteiger partial charge on any atom is -0.314 e. The van der Waals surface area contributed by atoms with Gasteiger partial charge in [0.15, 0.2) is 0 Å². The molecule has 0 radical (unpaired) electrons. The molecule has 5 nitrogen and oxygen atoms in total. The SMILES string of the molecule is C[C@H](c1ccc(N(C)N)cc1)S(N)(=O)=O. The molecule has 4 N–H and O–H groups in total. The lowest BCUT2D eigenvalue weighted by Gasteiger charge is -2.14. The summed E-state index contributed by atoms with van der Waals surface area (Å²) in [5.41, 5.74) is 1.46. The summed E-state index contributed by atoms with van der Waals surface area (Å²) in [7, 11) is -1.83. The molecule has 0 unspecified atom stereocenters. The van der Waals surface area contributed by atoms with E-state index in [1.807, 2.05) is 0 Å². The number of rotatable bonds is 3. The van der Waals surface area contributed by atoms with Crippen LogP contribution in [0.3, 0.4) is 0 Å². The third-order valence-corrected chi connectivity index (χ3v) is 3.52. The van der Waals surface area contributed by atoms with E-state index in [9.17, 15) is 8.42 Å². The summed E-state index contributed by atoms with van der Waals surface area (Å²) in [6, 6.07) is 6.90.